The average molecular weight is 351 g/mol. The number of halogens is 1. The van der Waals surface area contributed by atoms with E-state index >= 15 is 0 Å². The number of cyclic esters (lactones) is 2. The molecule has 0 spiro atoms. The quantitative estimate of drug-likeness (QED) is 0.509. The number of benzene rings is 1. The van der Waals surface area contributed by atoms with Gasteiger partial charge in [0.1, 0.15) is 0 Å². The SMILES string of the molecule is CC(C)(C)COc1c(F)cccc1NC=C1C(=O)OC(C)(C)OC1=O. The third-order valence-corrected chi connectivity index (χ3v) is 3.11. The highest BCUT2D eigenvalue weighted by Gasteiger charge is 2.39. The molecule has 25 heavy (non-hydrogen) atoms. The Hall–Kier alpha value is -2.57. The molecule has 0 saturated carbocycles. The van der Waals surface area contributed by atoms with Gasteiger partial charge in [-0.05, 0) is 17.5 Å². The van der Waals surface area contributed by atoms with Gasteiger partial charge >= 0.3 is 11.9 Å². The van der Waals surface area contributed by atoms with Gasteiger partial charge < -0.3 is 19.5 Å². The standard InChI is InChI=1S/C18H22FNO5/c1-17(2,3)10-23-14-12(19)7-6-8-13(14)20-9-11-15(21)24-18(4,5)25-16(11)22/h6-9,20H,10H2,1-5H3. The first-order valence-electron chi connectivity index (χ1n) is 7.83. The minimum Gasteiger partial charge on any atom is -0.488 e. The topological polar surface area (TPSA) is 73.9 Å². The summed E-state index contributed by atoms with van der Waals surface area (Å²) >= 11 is 0. The molecule has 1 aromatic carbocycles. The zero-order valence-corrected chi connectivity index (χ0v) is 14.9. The molecule has 0 radical (unpaired) electrons. The Kier molecular flexibility index (Phi) is 5.06. The fourth-order valence-corrected chi connectivity index (χ4v) is 1.99. The Morgan fingerprint density at radius 3 is 2.36 bits per heavy atom. The summed E-state index contributed by atoms with van der Waals surface area (Å²) in [7, 11) is 0. The van der Waals surface area contributed by atoms with E-state index in [1.807, 2.05) is 20.8 Å². The van der Waals surface area contributed by atoms with E-state index in [2.05, 4.69) is 5.32 Å². The fourth-order valence-electron chi connectivity index (χ4n) is 1.99. The molecule has 0 aliphatic carbocycles. The van der Waals surface area contributed by atoms with E-state index in [0.717, 1.165) is 6.20 Å². The van der Waals surface area contributed by atoms with Crippen LogP contribution in [0.1, 0.15) is 34.6 Å². The van der Waals surface area contributed by atoms with E-state index in [0.29, 0.717) is 0 Å². The average Bonchev–Trinajstić information content (AvgIpc) is 2.43. The monoisotopic (exact) mass is 351 g/mol. The van der Waals surface area contributed by atoms with E-state index in [9.17, 15) is 14.0 Å². The highest BCUT2D eigenvalue weighted by molar-refractivity contribution is 6.15. The molecule has 1 fully saturated rings. The first-order valence-corrected chi connectivity index (χ1v) is 7.83. The number of esters is 2. The van der Waals surface area contributed by atoms with Crippen LogP contribution in [0, 0.1) is 11.2 Å². The Balaban J connectivity index is 2.22. The lowest BCUT2D eigenvalue weighted by atomic mass is 9.99. The molecule has 0 aromatic heterocycles. The molecule has 7 heteroatoms. The molecular formula is C18H22FNO5. The van der Waals surface area contributed by atoms with Crippen LogP contribution in [0.2, 0.25) is 0 Å². The number of para-hydroxylation sites is 1. The van der Waals surface area contributed by atoms with Crippen LogP contribution in [0.3, 0.4) is 0 Å². The van der Waals surface area contributed by atoms with E-state index in [-0.39, 0.29) is 29.0 Å². The van der Waals surface area contributed by atoms with Gasteiger partial charge in [0.25, 0.3) is 5.79 Å². The van der Waals surface area contributed by atoms with E-state index in [1.54, 1.807) is 6.07 Å². The van der Waals surface area contributed by atoms with Crippen LogP contribution in [0.15, 0.2) is 30.0 Å². The Labute approximate surface area is 145 Å². The fraction of sp³-hybridized carbons (Fsp3) is 0.444. The van der Waals surface area contributed by atoms with Crippen molar-refractivity contribution in [2.75, 3.05) is 11.9 Å². The lowest BCUT2D eigenvalue weighted by Gasteiger charge is -2.29. The predicted octanol–water partition coefficient (Wildman–Crippen LogP) is 3.38. The molecule has 1 aromatic rings. The van der Waals surface area contributed by atoms with Gasteiger partial charge in [-0.25, -0.2) is 14.0 Å². The molecule has 1 aliphatic heterocycles. The van der Waals surface area contributed by atoms with Crippen molar-refractivity contribution in [3.05, 3.63) is 35.8 Å². The summed E-state index contributed by atoms with van der Waals surface area (Å²) in [6.07, 6.45) is 1.12. The highest BCUT2D eigenvalue weighted by Crippen LogP contribution is 2.30. The molecule has 1 saturated heterocycles. The lowest BCUT2D eigenvalue weighted by molar-refractivity contribution is -0.222. The number of anilines is 1. The first-order chi connectivity index (χ1) is 11.5. The van der Waals surface area contributed by atoms with Crippen molar-refractivity contribution in [2.24, 2.45) is 5.41 Å². The van der Waals surface area contributed by atoms with Gasteiger partial charge in [0.05, 0.1) is 12.3 Å². The van der Waals surface area contributed by atoms with Gasteiger partial charge in [0, 0.05) is 20.0 Å². The number of nitrogens with one attached hydrogen (secondary N) is 1. The summed E-state index contributed by atoms with van der Waals surface area (Å²) in [5, 5.41) is 2.72. The maximum absolute atomic E-state index is 14.1. The van der Waals surface area contributed by atoms with Crippen LogP contribution in [-0.4, -0.2) is 24.3 Å². The van der Waals surface area contributed by atoms with Crippen LogP contribution >= 0.6 is 0 Å². The highest BCUT2D eigenvalue weighted by atomic mass is 19.1. The molecule has 0 unspecified atom stereocenters. The first kappa shape index (κ1) is 18.8. The summed E-state index contributed by atoms with van der Waals surface area (Å²) in [4.78, 5) is 23.8. The number of hydrogen-bond donors (Lipinski definition) is 1. The number of ether oxygens (including phenoxy) is 3. The van der Waals surface area contributed by atoms with E-state index < -0.39 is 23.5 Å². The second-order valence-electron chi connectivity index (χ2n) is 7.35. The summed E-state index contributed by atoms with van der Waals surface area (Å²) in [5.74, 6) is -3.50. The number of hydrogen-bond acceptors (Lipinski definition) is 6. The van der Waals surface area contributed by atoms with Crippen LogP contribution < -0.4 is 10.1 Å². The predicted molar refractivity (Wildman–Crippen MR) is 89.3 cm³/mol. The smallest absolute Gasteiger partial charge is 0.350 e. The third kappa shape index (κ3) is 4.95. The molecular weight excluding hydrogens is 329 g/mol. The van der Waals surface area contributed by atoms with Gasteiger partial charge in [-0.3, -0.25) is 0 Å². The van der Waals surface area contributed by atoms with Crippen molar-refractivity contribution in [3.8, 4) is 5.75 Å². The van der Waals surface area contributed by atoms with Crippen LogP contribution in [0.4, 0.5) is 10.1 Å². The summed E-state index contributed by atoms with van der Waals surface area (Å²) in [5.41, 5.74) is -0.201. The number of carbonyl (C=O) groups excluding carboxylic acids is 2. The zero-order chi connectivity index (χ0) is 18.8. The largest absolute Gasteiger partial charge is 0.488 e. The second-order valence-corrected chi connectivity index (χ2v) is 7.35. The summed E-state index contributed by atoms with van der Waals surface area (Å²) in [6, 6.07) is 4.32. The molecule has 136 valence electrons. The maximum Gasteiger partial charge on any atom is 0.350 e. The van der Waals surface area contributed by atoms with Crippen molar-refractivity contribution in [1.29, 1.82) is 0 Å². The molecule has 6 nitrogen and oxygen atoms in total. The van der Waals surface area contributed by atoms with E-state index in [4.69, 9.17) is 14.2 Å². The van der Waals surface area contributed by atoms with Crippen LogP contribution in [-0.2, 0) is 19.1 Å². The Morgan fingerprint density at radius 1 is 1.20 bits per heavy atom. The molecule has 1 N–H and O–H groups in total. The van der Waals surface area contributed by atoms with Gasteiger partial charge in [0.15, 0.2) is 17.1 Å². The van der Waals surface area contributed by atoms with Crippen molar-refractivity contribution >= 4 is 17.6 Å². The number of rotatable bonds is 4. The van der Waals surface area contributed by atoms with Crippen LogP contribution in [0.25, 0.3) is 0 Å². The van der Waals surface area contributed by atoms with E-state index in [1.165, 1.54) is 26.0 Å². The number of carbonyl (C=O) groups is 2. The lowest BCUT2D eigenvalue weighted by Crippen LogP contribution is -2.42. The van der Waals surface area contributed by atoms with Crippen molar-refractivity contribution < 1.29 is 28.2 Å². The molecule has 2 rings (SSSR count). The minimum atomic E-state index is -1.31. The van der Waals surface area contributed by atoms with Crippen LogP contribution in [0.5, 0.6) is 5.75 Å². The molecule has 0 atom stereocenters. The molecule has 0 bridgehead atoms. The molecule has 0 amide bonds. The minimum absolute atomic E-state index is 0.00662. The molecule has 1 aliphatic rings. The van der Waals surface area contributed by atoms with Crippen molar-refractivity contribution in [2.45, 2.75) is 40.4 Å². The van der Waals surface area contributed by atoms with Gasteiger partial charge in [0.2, 0.25) is 0 Å². The summed E-state index contributed by atoms with van der Waals surface area (Å²) < 4.78 is 29.6. The molecule has 1 heterocycles. The Bertz CT molecular complexity index is 697. The second kappa shape index (κ2) is 6.74. The van der Waals surface area contributed by atoms with Gasteiger partial charge in [-0.1, -0.05) is 26.8 Å². The Morgan fingerprint density at radius 2 is 1.80 bits per heavy atom. The van der Waals surface area contributed by atoms with Crippen molar-refractivity contribution in [3.63, 3.8) is 0 Å². The maximum atomic E-state index is 14.1. The van der Waals surface area contributed by atoms with Crippen molar-refractivity contribution in [1.82, 2.24) is 0 Å². The summed E-state index contributed by atoms with van der Waals surface area (Å²) in [6.45, 7) is 9.07. The normalized spacial score (nSPS) is 16.8. The van der Waals surface area contributed by atoms with Gasteiger partial charge in [-0.2, -0.15) is 0 Å². The third-order valence-electron chi connectivity index (χ3n) is 3.11. The zero-order valence-electron chi connectivity index (χ0n) is 14.9. The van der Waals surface area contributed by atoms with Gasteiger partial charge in [-0.15, -0.1) is 0 Å².